The molecule has 2 atom stereocenters. The first-order chi connectivity index (χ1) is 22.3. The highest BCUT2D eigenvalue weighted by molar-refractivity contribution is 6.35. The minimum absolute atomic E-state index is 0.00650. The van der Waals surface area contributed by atoms with Gasteiger partial charge in [-0.25, -0.2) is 8.78 Å². The van der Waals surface area contributed by atoms with Crippen molar-refractivity contribution < 1.29 is 23.5 Å². The van der Waals surface area contributed by atoms with E-state index < -0.39 is 52.1 Å². The lowest BCUT2D eigenvalue weighted by Gasteiger charge is -2.50. The van der Waals surface area contributed by atoms with Gasteiger partial charge in [0.15, 0.2) is 5.82 Å². The molecular formula is C35H34ClF2N5O4. The molecular weight excluding hydrogens is 628 g/mol. The summed E-state index contributed by atoms with van der Waals surface area (Å²) in [4.78, 5) is 50.7. The summed E-state index contributed by atoms with van der Waals surface area (Å²) in [5, 5.41) is 10.7. The zero-order valence-corrected chi connectivity index (χ0v) is 27.4. The number of hydrogen-bond donors (Lipinski definition) is 1. The second kappa shape index (κ2) is 11.8. The lowest BCUT2D eigenvalue weighted by atomic mass is 9.95. The van der Waals surface area contributed by atoms with Crippen molar-refractivity contribution in [3.05, 3.63) is 87.5 Å². The third kappa shape index (κ3) is 4.78. The van der Waals surface area contributed by atoms with Crippen LogP contribution >= 0.6 is 11.6 Å². The van der Waals surface area contributed by atoms with Crippen LogP contribution in [0.5, 0.6) is 5.75 Å². The Hall–Kier alpha value is -4.77. The molecule has 47 heavy (non-hydrogen) atoms. The van der Waals surface area contributed by atoms with Gasteiger partial charge in [-0.15, -0.1) is 0 Å². The molecule has 1 saturated heterocycles. The molecule has 9 nitrogen and oxygen atoms in total. The maximum atomic E-state index is 17.4. The third-order valence-corrected chi connectivity index (χ3v) is 9.46. The van der Waals surface area contributed by atoms with E-state index in [4.69, 9.17) is 11.6 Å². The number of pyridine rings is 2. The van der Waals surface area contributed by atoms with Gasteiger partial charge in [0.05, 0.1) is 39.7 Å². The number of aromatic nitrogens is 2. The van der Waals surface area contributed by atoms with Gasteiger partial charge in [0.1, 0.15) is 23.3 Å². The Labute approximate surface area is 275 Å². The van der Waals surface area contributed by atoms with Crippen LogP contribution in [0.15, 0.2) is 54.0 Å². The zero-order chi connectivity index (χ0) is 34.1. The number of rotatable bonds is 5. The van der Waals surface area contributed by atoms with Crippen molar-refractivity contribution in [2.75, 3.05) is 29.9 Å². The molecule has 2 aromatic carbocycles. The summed E-state index contributed by atoms with van der Waals surface area (Å²) in [7, 11) is 1.48. The number of benzene rings is 2. The minimum atomic E-state index is -1.03. The van der Waals surface area contributed by atoms with E-state index in [-0.39, 0.29) is 52.2 Å². The summed E-state index contributed by atoms with van der Waals surface area (Å²) in [5.74, 6) is -3.42. The smallest absolute Gasteiger partial charge is 0.281 e. The van der Waals surface area contributed by atoms with Gasteiger partial charge in [-0.05, 0) is 55.2 Å². The highest BCUT2D eigenvalue weighted by Gasteiger charge is 2.46. The highest BCUT2D eigenvalue weighted by atomic mass is 35.5. The molecule has 0 aliphatic carbocycles. The number of fused-ring (bicyclic) bond motifs is 5. The van der Waals surface area contributed by atoms with Gasteiger partial charge >= 0.3 is 0 Å². The Morgan fingerprint density at radius 3 is 2.51 bits per heavy atom. The summed E-state index contributed by atoms with van der Waals surface area (Å²) < 4.78 is 33.9. The Kier molecular flexibility index (Phi) is 8.07. The average molecular weight is 662 g/mol. The Morgan fingerprint density at radius 2 is 1.87 bits per heavy atom. The van der Waals surface area contributed by atoms with Crippen LogP contribution in [-0.4, -0.2) is 63.6 Å². The number of nitrogens with zero attached hydrogens (tertiary/aromatic N) is 5. The quantitative estimate of drug-likeness (QED) is 0.266. The molecule has 4 aromatic rings. The zero-order valence-electron chi connectivity index (χ0n) is 26.6. The van der Waals surface area contributed by atoms with Gasteiger partial charge in [0, 0.05) is 36.8 Å². The van der Waals surface area contributed by atoms with Crippen LogP contribution in [0.2, 0.25) is 5.02 Å². The third-order valence-electron chi connectivity index (χ3n) is 9.17. The summed E-state index contributed by atoms with van der Waals surface area (Å²) in [5.41, 5.74) is 0.0846. The number of phenolic OH excluding ortho intramolecular Hbond substituents is 1. The van der Waals surface area contributed by atoms with Gasteiger partial charge in [-0.2, -0.15) is 0 Å². The monoisotopic (exact) mass is 661 g/mol. The summed E-state index contributed by atoms with van der Waals surface area (Å²) in [6.45, 7) is 11.3. The largest absolute Gasteiger partial charge is 0.507 e. The van der Waals surface area contributed by atoms with Crippen LogP contribution in [-0.2, 0) is 16.0 Å². The van der Waals surface area contributed by atoms with Crippen LogP contribution < -0.4 is 15.4 Å². The van der Waals surface area contributed by atoms with Crippen LogP contribution in [0.1, 0.15) is 44.9 Å². The summed E-state index contributed by atoms with van der Waals surface area (Å²) in [6.07, 6.45) is 3.28. The van der Waals surface area contributed by atoms with Gasteiger partial charge < -0.3 is 19.8 Å². The fraction of sp³-hybridized carbons (Fsp3) is 0.314. The van der Waals surface area contributed by atoms with E-state index in [9.17, 15) is 19.5 Å². The SMILES string of the molecule is C=CC(=O)N1C[C@@H]2C(=O)N(C)c3c(c4cc(Cl)c(-c5c(O)cccc5F)c(F)c4n(-c4c(CC)ccnc4C(C)C)c3=O)N2C[C@H]1C. The molecule has 4 heterocycles. The number of halogens is 3. The van der Waals surface area contributed by atoms with Crippen LogP contribution in [0.3, 0.4) is 0 Å². The maximum Gasteiger partial charge on any atom is 0.281 e. The molecule has 0 bridgehead atoms. The van der Waals surface area contributed by atoms with Crippen molar-refractivity contribution in [3.8, 4) is 22.6 Å². The predicted molar refractivity (Wildman–Crippen MR) is 179 cm³/mol. The number of amides is 2. The van der Waals surface area contributed by atoms with Crippen molar-refractivity contribution in [1.82, 2.24) is 14.5 Å². The van der Waals surface area contributed by atoms with Crippen molar-refractivity contribution in [1.29, 1.82) is 0 Å². The van der Waals surface area contributed by atoms with E-state index in [1.165, 1.54) is 40.8 Å². The molecule has 12 heteroatoms. The number of aromatic hydroxyl groups is 1. The van der Waals surface area contributed by atoms with Crippen molar-refractivity contribution >= 4 is 45.7 Å². The summed E-state index contributed by atoms with van der Waals surface area (Å²) in [6, 6.07) is 5.50. The standard InChI is InChI=1S/C35H34ClF2N5O4/c1-7-19-12-13-39-29(17(3)4)30(19)43-31-20(14-21(36)26(28(31)38)27-22(37)10-9-11-24(27)44)32-33(35(43)47)40(6)34(46)23-16-41(25(45)8-2)18(5)15-42(23)32/h8-14,17-18,23,44H,2,7,15-16H2,1,3-6H3/t18-,23-/m1/s1. The van der Waals surface area contributed by atoms with E-state index in [1.807, 2.05) is 27.7 Å². The minimum Gasteiger partial charge on any atom is -0.507 e. The molecule has 2 aliphatic heterocycles. The van der Waals surface area contributed by atoms with Gasteiger partial charge in [-0.1, -0.05) is 45.0 Å². The molecule has 0 radical (unpaired) electrons. The molecule has 1 N–H and O–H groups in total. The average Bonchev–Trinajstić information content (AvgIpc) is 3.03. The second-order valence-electron chi connectivity index (χ2n) is 12.2. The molecule has 2 aliphatic rings. The first kappa shape index (κ1) is 32.2. The predicted octanol–water partition coefficient (Wildman–Crippen LogP) is 5.94. The van der Waals surface area contributed by atoms with Crippen LogP contribution in [0.25, 0.3) is 27.7 Å². The number of phenols is 1. The van der Waals surface area contributed by atoms with Crippen molar-refractivity contribution in [2.24, 2.45) is 0 Å². The van der Waals surface area contributed by atoms with Gasteiger partial charge in [-0.3, -0.25) is 23.9 Å². The van der Waals surface area contributed by atoms with Crippen molar-refractivity contribution in [2.45, 2.75) is 52.1 Å². The molecule has 0 saturated carbocycles. The molecule has 1 fully saturated rings. The number of anilines is 2. The molecule has 2 aromatic heterocycles. The van der Waals surface area contributed by atoms with E-state index >= 15 is 8.78 Å². The Bertz CT molecular complexity index is 2040. The van der Waals surface area contributed by atoms with Gasteiger partial charge in [0.2, 0.25) is 5.91 Å². The Balaban J connectivity index is 1.81. The number of aryl methyl sites for hydroxylation is 1. The van der Waals surface area contributed by atoms with E-state index in [0.717, 1.165) is 6.07 Å². The van der Waals surface area contributed by atoms with E-state index in [0.29, 0.717) is 23.4 Å². The second-order valence-corrected chi connectivity index (χ2v) is 12.6. The number of likely N-dealkylation sites (N-methyl/N-ethyl adjacent to an activating group) is 1. The number of piperazine rings is 1. The number of carbonyl (C=O) groups excluding carboxylic acids is 2. The highest BCUT2D eigenvalue weighted by Crippen LogP contribution is 2.47. The van der Waals surface area contributed by atoms with Crippen LogP contribution in [0.4, 0.5) is 20.2 Å². The fourth-order valence-electron chi connectivity index (χ4n) is 6.91. The van der Waals surface area contributed by atoms with E-state index in [2.05, 4.69) is 11.6 Å². The van der Waals surface area contributed by atoms with Crippen LogP contribution in [0, 0.1) is 11.6 Å². The number of hydrogen-bond acceptors (Lipinski definition) is 6. The topological polar surface area (TPSA) is 99.0 Å². The first-order valence-electron chi connectivity index (χ1n) is 15.4. The number of carbonyl (C=O) groups is 2. The molecule has 0 spiro atoms. The summed E-state index contributed by atoms with van der Waals surface area (Å²) >= 11 is 6.78. The van der Waals surface area contributed by atoms with Gasteiger partial charge in [0.25, 0.3) is 11.5 Å². The lowest BCUT2D eigenvalue weighted by Crippen LogP contribution is -2.66. The molecule has 244 valence electrons. The van der Waals surface area contributed by atoms with Crippen molar-refractivity contribution in [3.63, 3.8) is 0 Å². The molecule has 2 amide bonds. The normalized spacial score (nSPS) is 17.7. The fourth-order valence-corrected chi connectivity index (χ4v) is 7.20. The van der Waals surface area contributed by atoms with E-state index in [1.54, 1.807) is 22.1 Å². The first-order valence-corrected chi connectivity index (χ1v) is 15.8. The molecule has 6 rings (SSSR count). The Morgan fingerprint density at radius 1 is 1.15 bits per heavy atom. The lowest BCUT2D eigenvalue weighted by molar-refractivity contribution is -0.130. The maximum absolute atomic E-state index is 17.4. The molecule has 0 unspecified atom stereocenters.